The monoisotopic (exact) mass is 365 g/mol. The van der Waals surface area contributed by atoms with Crippen LogP contribution < -0.4 is 10.5 Å². The van der Waals surface area contributed by atoms with Crippen molar-refractivity contribution < 1.29 is 14.2 Å². The highest BCUT2D eigenvalue weighted by molar-refractivity contribution is 6.45. The predicted molar refractivity (Wildman–Crippen MR) is 106 cm³/mol. The first-order valence-electron chi connectivity index (χ1n) is 8.96. The first-order valence-corrected chi connectivity index (χ1v) is 8.96. The maximum Gasteiger partial charge on any atom is 0.376 e. The van der Waals surface area contributed by atoms with Crippen LogP contribution in [0, 0.1) is 12.7 Å². The summed E-state index contributed by atoms with van der Waals surface area (Å²) in [5, 5.41) is 11.3. The molecule has 0 unspecified atom stereocenters. The zero-order valence-electron chi connectivity index (χ0n) is 15.3. The van der Waals surface area contributed by atoms with E-state index in [1.54, 1.807) is 25.2 Å². The van der Waals surface area contributed by atoms with Gasteiger partial charge in [0.15, 0.2) is 0 Å². The lowest BCUT2D eigenvalue weighted by atomic mass is 9.81. The SMILES string of the molecule is CB(O)N1CC(Oc2cc(-c3c(C)cccc3F)cc3cnc(N)cc23)C1. The molecule has 7 heteroatoms. The molecule has 27 heavy (non-hydrogen) atoms. The summed E-state index contributed by atoms with van der Waals surface area (Å²) in [6.45, 7) is 4.90. The van der Waals surface area contributed by atoms with Crippen molar-refractivity contribution in [2.24, 2.45) is 0 Å². The van der Waals surface area contributed by atoms with Gasteiger partial charge in [-0.25, -0.2) is 9.37 Å². The number of pyridine rings is 1. The van der Waals surface area contributed by atoms with Crippen molar-refractivity contribution in [2.75, 3.05) is 18.8 Å². The van der Waals surface area contributed by atoms with Gasteiger partial charge in [0.05, 0.1) is 0 Å². The zero-order valence-corrected chi connectivity index (χ0v) is 15.3. The number of aryl methyl sites for hydroxylation is 1. The fourth-order valence-electron chi connectivity index (χ4n) is 3.51. The quantitative estimate of drug-likeness (QED) is 0.696. The van der Waals surface area contributed by atoms with Crippen LogP contribution >= 0.6 is 0 Å². The van der Waals surface area contributed by atoms with Crippen LogP contribution in [0.2, 0.25) is 6.82 Å². The second-order valence-corrected chi connectivity index (χ2v) is 7.06. The van der Waals surface area contributed by atoms with Crippen LogP contribution in [0.25, 0.3) is 21.9 Å². The Balaban J connectivity index is 1.78. The molecule has 1 fully saturated rings. The van der Waals surface area contributed by atoms with E-state index in [1.165, 1.54) is 6.07 Å². The second kappa shape index (κ2) is 6.83. The molecule has 3 aromatic rings. The summed E-state index contributed by atoms with van der Waals surface area (Å²) in [6, 6.07) is 10.6. The topological polar surface area (TPSA) is 71.6 Å². The number of ether oxygens (including phenoxy) is 1. The minimum Gasteiger partial charge on any atom is -0.487 e. The number of rotatable bonds is 4. The molecule has 0 amide bonds. The average molecular weight is 365 g/mol. The van der Waals surface area contributed by atoms with Crippen molar-refractivity contribution in [1.29, 1.82) is 0 Å². The molecule has 0 aliphatic carbocycles. The van der Waals surface area contributed by atoms with Crippen LogP contribution in [0.1, 0.15) is 5.56 Å². The molecule has 4 rings (SSSR count). The largest absolute Gasteiger partial charge is 0.487 e. The van der Waals surface area contributed by atoms with E-state index in [0.29, 0.717) is 30.2 Å². The van der Waals surface area contributed by atoms with Crippen LogP contribution in [0.3, 0.4) is 0 Å². The van der Waals surface area contributed by atoms with Gasteiger partial charge in [0, 0.05) is 35.6 Å². The Labute approximate surface area is 157 Å². The standard InChI is InChI=1S/C20H21BFN3O2/c1-12-4-3-5-17(22)20(12)13-6-14-9-24-19(23)8-16(14)18(7-13)27-15-10-25(11-15)21(2)26/h3-9,15,26H,10-11H2,1-2H3,(H2,23,24). The molecule has 1 aliphatic rings. The molecular weight excluding hydrogens is 344 g/mol. The summed E-state index contributed by atoms with van der Waals surface area (Å²) in [5.41, 5.74) is 8.01. The minimum atomic E-state index is -0.492. The number of benzene rings is 2. The normalized spacial score (nSPS) is 15.0. The number of anilines is 1. The molecule has 0 atom stereocenters. The third kappa shape index (κ3) is 3.36. The molecule has 0 bridgehead atoms. The molecule has 1 aliphatic heterocycles. The summed E-state index contributed by atoms with van der Waals surface area (Å²) in [7, 11) is -0.492. The maximum atomic E-state index is 14.5. The lowest BCUT2D eigenvalue weighted by Gasteiger charge is -2.40. The number of hydrogen-bond acceptors (Lipinski definition) is 5. The lowest BCUT2D eigenvalue weighted by molar-refractivity contribution is 0.0653. The number of nitrogens with two attached hydrogens (primary N) is 1. The molecule has 2 aromatic carbocycles. The molecular formula is C20H21BFN3O2. The van der Waals surface area contributed by atoms with Crippen LogP contribution in [-0.2, 0) is 0 Å². The Morgan fingerprint density at radius 3 is 2.78 bits per heavy atom. The van der Waals surface area contributed by atoms with Gasteiger partial charge in [-0.15, -0.1) is 0 Å². The minimum absolute atomic E-state index is 0.0332. The van der Waals surface area contributed by atoms with Gasteiger partial charge in [-0.2, -0.15) is 0 Å². The summed E-state index contributed by atoms with van der Waals surface area (Å²) in [4.78, 5) is 6.07. The molecule has 3 N–H and O–H groups in total. The maximum absolute atomic E-state index is 14.5. The van der Waals surface area contributed by atoms with E-state index in [0.717, 1.165) is 21.9 Å². The molecule has 0 radical (unpaired) electrons. The van der Waals surface area contributed by atoms with Gasteiger partial charge in [0.2, 0.25) is 0 Å². The van der Waals surface area contributed by atoms with E-state index in [9.17, 15) is 9.41 Å². The van der Waals surface area contributed by atoms with Crippen molar-refractivity contribution in [1.82, 2.24) is 9.79 Å². The van der Waals surface area contributed by atoms with Gasteiger partial charge >= 0.3 is 7.05 Å². The average Bonchev–Trinajstić information content (AvgIpc) is 2.57. The summed E-state index contributed by atoms with van der Waals surface area (Å²) in [6.07, 6.45) is 1.65. The van der Waals surface area contributed by atoms with Crippen molar-refractivity contribution in [3.63, 3.8) is 0 Å². The first-order chi connectivity index (χ1) is 12.9. The number of hydrogen-bond donors (Lipinski definition) is 2. The molecule has 1 saturated heterocycles. The number of nitrogens with zero attached hydrogens (tertiary/aromatic N) is 2. The van der Waals surface area contributed by atoms with Crippen LogP contribution in [0.4, 0.5) is 10.2 Å². The van der Waals surface area contributed by atoms with Gasteiger partial charge in [-0.1, -0.05) is 12.1 Å². The number of fused-ring (bicyclic) bond motifs is 1. The van der Waals surface area contributed by atoms with Gasteiger partial charge in [0.1, 0.15) is 23.5 Å². The van der Waals surface area contributed by atoms with Crippen molar-refractivity contribution in [3.05, 3.63) is 54.0 Å². The van der Waals surface area contributed by atoms with E-state index >= 15 is 0 Å². The molecule has 1 aromatic heterocycles. The van der Waals surface area contributed by atoms with E-state index < -0.39 is 7.05 Å². The van der Waals surface area contributed by atoms with Gasteiger partial charge < -0.3 is 20.3 Å². The third-order valence-corrected chi connectivity index (χ3v) is 5.03. The number of halogens is 1. The Kier molecular flexibility index (Phi) is 4.49. The van der Waals surface area contributed by atoms with Crippen molar-refractivity contribution >= 4 is 23.6 Å². The smallest absolute Gasteiger partial charge is 0.376 e. The summed E-state index contributed by atoms with van der Waals surface area (Å²) in [5.74, 6) is 0.781. The zero-order chi connectivity index (χ0) is 19.1. The third-order valence-electron chi connectivity index (χ3n) is 5.03. The Morgan fingerprint density at radius 1 is 1.30 bits per heavy atom. The molecule has 0 spiro atoms. The van der Waals surface area contributed by atoms with E-state index in [-0.39, 0.29) is 11.9 Å². The highest BCUT2D eigenvalue weighted by Gasteiger charge is 2.33. The second-order valence-electron chi connectivity index (χ2n) is 7.06. The molecule has 138 valence electrons. The highest BCUT2D eigenvalue weighted by atomic mass is 19.1. The Morgan fingerprint density at radius 2 is 2.07 bits per heavy atom. The Hall–Kier alpha value is -2.64. The molecule has 5 nitrogen and oxygen atoms in total. The van der Waals surface area contributed by atoms with Crippen LogP contribution in [0.15, 0.2) is 42.6 Å². The van der Waals surface area contributed by atoms with Gasteiger partial charge in [-0.3, -0.25) is 0 Å². The van der Waals surface area contributed by atoms with Crippen LogP contribution in [-0.4, -0.2) is 41.1 Å². The molecule has 2 heterocycles. The fraction of sp³-hybridized carbons (Fsp3) is 0.250. The summed E-state index contributed by atoms with van der Waals surface area (Å²) >= 11 is 0. The van der Waals surface area contributed by atoms with Gasteiger partial charge in [0.25, 0.3) is 0 Å². The Bertz CT molecular complexity index is 986. The van der Waals surface area contributed by atoms with Crippen LogP contribution in [0.5, 0.6) is 5.75 Å². The van der Waals surface area contributed by atoms with Crippen molar-refractivity contribution in [3.8, 4) is 16.9 Å². The van der Waals surface area contributed by atoms with Crippen molar-refractivity contribution in [2.45, 2.75) is 19.9 Å². The van der Waals surface area contributed by atoms with E-state index in [2.05, 4.69) is 4.98 Å². The first kappa shape index (κ1) is 17.8. The van der Waals surface area contributed by atoms with E-state index in [1.807, 2.05) is 29.9 Å². The number of nitrogen functional groups attached to an aromatic ring is 1. The highest BCUT2D eigenvalue weighted by Crippen LogP contribution is 2.36. The molecule has 0 saturated carbocycles. The summed E-state index contributed by atoms with van der Waals surface area (Å²) < 4.78 is 20.7. The van der Waals surface area contributed by atoms with E-state index in [4.69, 9.17) is 10.5 Å². The number of aromatic nitrogens is 1. The fourth-order valence-corrected chi connectivity index (χ4v) is 3.51. The predicted octanol–water partition coefficient (Wildman–Crippen LogP) is 3.10. The van der Waals surface area contributed by atoms with Gasteiger partial charge in [-0.05, 0) is 49.1 Å². The lowest BCUT2D eigenvalue weighted by Crippen LogP contribution is -2.58.